The molecule has 0 saturated carbocycles. The van der Waals surface area contributed by atoms with E-state index in [1.165, 1.54) is 4.90 Å². The van der Waals surface area contributed by atoms with Gasteiger partial charge in [0.2, 0.25) is 0 Å². The van der Waals surface area contributed by atoms with Gasteiger partial charge in [-0.25, -0.2) is 0 Å². The Balaban J connectivity index is 2.41. The Morgan fingerprint density at radius 2 is 1.95 bits per heavy atom. The molecule has 0 aliphatic heterocycles. The Hall–Kier alpha value is -1.20. The van der Waals surface area contributed by atoms with Gasteiger partial charge in [0.15, 0.2) is 5.96 Å². The van der Waals surface area contributed by atoms with Gasteiger partial charge in [-0.15, -0.1) is 11.8 Å². The molecule has 2 atom stereocenters. The molecule has 0 heterocycles. The molecule has 4 nitrogen and oxygen atoms in total. The highest BCUT2D eigenvalue weighted by molar-refractivity contribution is 8.00. The first-order chi connectivity index (χ1) is 10.2. The molecule has 2 unspecified atom stereocenters. The highest BCUT2D eigenvalue weighted by Crippen LogP contribution is 2.21. The number of hydrogen-bond donors (Lipinski definition) is 3. The Bertz CT molecular complexity index is 411. The number of aliphatic imine (C=N–C) groups is 1. The van der Waals surface area contributed by atoms with Gasteiger partial charge < -0.3 is 15.7 Å². The molecule has 1 rings (SSSR count). The molecule has 5 heteroatoms. The molecule has 0 radical (unpaired) electrons. The van der Waals surface area contributed by atoms with Crippen molar-refractivity contribution in [3.05, 3.63) is 30.3 Å². The van der Waals surface area contributed by atoms with E-state index in [1.54, 1.807) is 0 Å². The first kappa shape index (κ1) is 17.9. The minimum Gasteiger partial charge on any atom is -0.396 e. The van der Waals surface area contributed by atoms with Gasteiger partial charge in [0, 0.05) is 36.4 Å². The summed E-state index contributed by atoms with van der Waals surface area (Å²) >= 11 is 1.85. The quantitative estimate of drug-likeness (QED) is 0.392. The maximum absolute atomic E-state index is 9.05. The number of nitrogens with one attached hydrogen (secondary N) is 2. The van der Waals surface area contributed by atoms with Crippen molar-refractivity contribution < 1.29 is 5.11 Å². The predicted octanol–water partition coefficient (Wildman–Crippen LogP) is 2.35. The van der Waals surface area contributed by atoms with E-state index in [0.717, 1.165) is 19.0 Å². The lowest BCUT2D eigenvalue weighted by atomic mass is 10.2. The van der Waals surface area contributed by atoms with Crippen molar-refractivity contribution in [2.45, 2.75) is 30.9 Å². The number of aliphatic hydroxyl groups excluding tert-OH is 1. The zero-order valence-corrected chi connectivity index (χ0v) is 14.0. The van der Waals surface area contributed by atoms with Crippen LogP contribution in [0, 0.1) is 5.92 Å². The van der Waals surface area contributed by atoms with Gasteiger partial charge >= 0.3 is 0 Å². The Labute approximate surface area is 132 Å². The molecule has 0 aromatic heterocycles. The molecule has 1 aromatic carbocycles. The number of hydrogen-bond acceptors (Lipinski definition) is 3. The molecule has 21 heavy (non-hydrogen) atoms. The van der Waals surface area contributed by atoms with Crippen LogP contribution in [0.5, 0.6) is 0 Å². The first-order valence-electron chi connectivity index (χ1n) is 7.50. The van der Waals surface area contributed by atoms with Crippen LogP contribution in [0.3, 0.4) is 0 Å². The summed E-state index contributed by atoms with van der Waals surface area (Å²) < 4.78 is 0. The van der Waals surface area contributed by atoms with Crippen LogP contribution in [-0.4, -0.2) is 42.6 Å². The lowest BCUT2D eigenvalue weighted by Gasteiger charge is -2.16. The van der Waals surface area contributed by atoms with E-state index in [0.29, 0.717) is 11.8 Å². The zero-order valence-electron chi connectivity index (χ0n) is 13.2. The van der Waals surface area contributed by atoms with Gasteiger partial charge in [-0.3, -0.25) is 4.99 Å². The van der Waals surface area contributed by atoms with E-state index in [2.05, 4.69) is 53.7 Å². The number of aliphatic hydroxyl groups is 1. The standard InChI is InChI=1S/C16H27N3OS/c1-4-17-16(18-10-13(2)12-20)19-11-14(3)21-15-8-6-5-7-9-15/h5-9,13-14,20H,4,10-12H2,1-3H3,(H2,17,18,19). The minimum atomic E-state index is 0.170. The third-order valence-corrected chi connectivity index (χ3v) is 3.97. The van der Waals surface area contributed by atoms with E-state index < -0.39 is 0 Å². The Kier molecular flexibility index (Phi) is 8.94. The smallest absolute Gasteiger partial charge is 0.191 e. The Morgan fingerprint density at radius 3 is 2.57 bits per heavy atom. The van der Waals surface area contributed by atoms with Gasteiger partial charge in [0.05, 0.1) is 0 Å². The summed E-state index contributed by atoms with van der Waals surface area (Å²) in [6.07, 6.45) is 0. The summed E-state index contributed by atoms with van der Waals surface area (Å²) in [6.45, 7) is 8.72. The molecule has 1 aromatic rings. The van der Waals surface area contributed by atoms with Gasteiger partial charge in [0.25, 0.3) is 0 Å². The summed E-state index contributed by atoms with van der Waals surface area (Å²) in [6, 6.07) is 10.4. The van der Waals surface area contributed by atoms with Crippen LogP contribution in [0.2, 0.25) is 0 Å². The van der Waals surface area contributed by atoms with E-state index in [1.807, 2.05) is 24.8 Å². The minimum absolute atomic E-state index is 0.170. The number of benzene rings is 1. The largest absolute Gasteiger partial charge is 0.396 e. The highest BCUT2D eigenvalue weighted by Gasteiger charge is 2.06. The number of guanidine groups is 1. The second-order valence-electron chi connectivity index (χ2n) is 5.13. The number of thioether (sulfide) groups is 1. The average molecular weight is 309 g/mol. The van der Waals surface area contributed by atoms with Crippen LogP contribution in [0.25, 0.3) is 0 Å². The van der Waals surface area contributed by atoms with Crippen molar-refractivity contribution in [2.24, 2.45) is 10.9 Å². The van der Waals surface area contributed by atoms with Gasteiger partial charge in [-0.1, -0.05) is 32.0 Å². The van der Waals surface area contributed by atoms with Crippen LogP contribution in [0.15, 0.2) is 40.2 Å². The molecule has 0 fully saturated rings. The maximum atomic E-state index is 9.05. The van der Waals surface area contributed by atoms with Crippen LogP contribution in [-0.2, 0) is 0 Å². The topological polar surface area (TPSA) is 56.7 Å². The lowest BCUT2D eigenvalue weighted by molar-refractivity contribution is 0.241. The molecular formula is C16H27N3OS. The third-order valence-electron chi connectivity index (χ3n) is 2.85. The molecule has 0 aliphatic carbocycles. The normalized spacial score (nSPS) is 14.6. The van der Waals surface area contributed by atoms with Crippen molar-refractivity contribution in [3.8, 4) is 0 Å². The van der Waals surface area contributed by atoms with Crippen molar-refractivity contribution in [1.82, 2.24) is 10.6 Å². The molecular weight excluding hydrogens is 282 g/mol. The third kappa shape index (κ3) is 7.97. The molecule has 0 spiro atoms. The molecule has 0 amide bonds. The van der Waals surface area contributed by atoms with E-state index >= 15 is 0 Å². The fourth-order valence-electron chi connectivity index (χ4n) is 1.66. The van der Waals surface area contributed by atoms with Crippen LogP contribution < -0.4 is 10.6 Å². The molecule has 3 N–H and O–H groups in total. The SMILES string of the molecule is CCNC(=NCC(C)CO)NCC(C)Sc1ccccc1. The second-order valence-corrected chi connectivity index (χ2v) is 6.64. The summed E-state index contributed by atoms with van der Waals surface area (Å²) in [5, 5.41) is 16.1. The summed E-state index contributed by atoms with van der Waals surface area (Å²) in [7, 11) is 0. The van der Waals surface area contributed by atoms with Crippen molar-refractivity contribution in [1.29, 1.82) is 0 Å². The van der Waals surface area contributed by atoms with E-state index in [-0.39, 0.29) is 12.5 Å². The lowest BCUT2D eigenvalue weighted by Crippen LogP contribution is -2.40. The second kappa shape index (κ2) is 10.5. The van der Waals surface area contributed by atoms with E-state index in [4.69, 9.17) is 5.11 Å². The van der Waals surface area contributed by atoms with Crippen LogP contribution in [0.4, 0.5) is 0 Å². The van der Waals surface area contributed by atoms with Gasteiger partial charge in [-0.05, 0) is 25.0 Å². The van der Waals surface area contributed by atoms with Gasteiger partial charge in [0.1, 0.15) is 0 Å². The molecule has 0 bridgehead atoms. The van der Waals surface area contributed by atoms with Crippen molar-refractivity contribution in [3.63, 3.8) is 0 Å². The molecule has 0 aliphatic rings. The zero-order chi connectivity index (χ0) is 15.5. The molecule has 118 valence electrons. The van der Waals surface area contributed by atoms with E-state index in [9.17, 15) is 0 Å². The predicted molar refractivity (Wildman–Crippen MR) is 92.0 cm³/mol. The number of nitrogens with zero attached hydrogens (tertiary/aromatic N) is 1. The summed E-state index contributed by atoms with van der Waals surface area (Å²) in [4.78, 5) is 5.77. The number of rotatable bonds is 8. The first-order valence-corrected chi connectivity index (χ1v) is 8.38. The Morgan fingerprint density at radius 1 is 1.24 bits per heavy atom. The van der Waals surface area contributed by atoms with Gasteiger partial charge in [-0.2, -0.15) is 0 Å². The fraction of sp³-hybridized carbons (Fsp3) is 0.562. The summed E-state index contributed by atoms with van der Waals surface area (Å²) in [5.74, 6) is 1.01. The maximum Gasteiger partial charge on any atom is 0.191 e. The van der Waals surface area contributed by atoms with Crippen LogP contribution in [0.1, 0.15) is 20.8 Å². The fourth-order valence-corrected chi connectivity index (χ4v) is 2.61. The monoisotopic (exact) mass is 309 g/mol. The van der Waals surface area contributed by atoms with Crippen LogP contribution >= 0.6 is 11.8 Å². The summed E-state index contributed by atoms with van der Waals surface area (Å²) in [5.41, 5.74) is 0. The van der Waals surface area contributed by atoms with Crippen molar-refractivity contribution in [2.75, 3.05) is 26.2 Å². The highest BCUT2D eigenvalue weighted by atomic mass is 32.2. The molecule has 0 saturated heterocycles. The van der Waals surface area contributed by atoms with Crippen molar-refractivity contribution >= 4 is 17.7 Å². The average Bonchev–Trinajstić information content (AvgIpc) is 2.50.